The summed E-state index contributed by atoms with van der Waals surface area (Å²) in [5.74, 6) is 0. The molecule has 0 atom stereocenters. The Labute approximate surface area is 157 Å². The van der Waals surface area contributed by atoms with Crippen molar-refractivity contribution in [3.8, 4) is 0 Å². The normalized spacial score (nSPS) is 11.6. The van der Waals surface area contributed by atoms with Gasteiger partial charge in [0, 0.05) is 30.9 Å². The molecule has 0 spiro atoms. The molecule has 0 saturated carbocycles. The van der Waals surface area contributed by atoms with Crippen molar-refractivity contribution in [1.29, 1.82) is 0 Å². The molecular formula is C17H20N4O5S. The zero-order chi connectivity index (χ0) is 19.9. The summed E-state index contributed by atoms with van der Waals surface area (Å²) in [6, 6.07) is 13.1. The standard InChI is InChI=1S/C17H20N4O5S/c1-3-20(12-13-26-27(2,24)25)16-8-4-14(5-9-16)18-19-15-6-10-17(11-7-15)21(22)23/h4-11H,3,12-13H2,1-2H3. The van der Waals surface area contributed by atoms with Crippen LogP contribution in [-0.2, 0) is 14.3 Å². The molecular weight excluding hydrogens is 372 g/mol. The molecule has 0 aromatic heterocycles. The number of non-ortho nitro benzene ring substituents is 1. The first kappa shape index (κ1) is 20.5. The highest BCUT2D eigenvalue weighted by molar-refractivity contribution is 7.85. The van der Waals surface area contributed by atoms with Crippen LogP contribution in [-0.4, -0.2) is 39.3 Å². The highest BCUT2D eigenvalue weighted by Gasteiger charge is 2.07. The molecule has 0 radical (unpaired) electrons. The highest BCUT2D eigenvalue weighted by Crippen LogP contribution is 2.23. The van der Waals surface area contributed by atoms with Gasteiger partial charge in [-0.1, -0.05) is 0 Å². The van der Waals surface area contributed by atoms with E-state index in [4.69, 9.17) is 4.18 Å². The van der Waals surface area contributed by atoms with Gasteiger partial charge < -0.3 is 4.90 Å². The number of likely N-dealkylation sites (N-methyl/N-ethyl adjacent to an activating group) is 1. The van der Waals surface area contributed by atoms with E-state index in [1.807, 2.05) is 24.0 Å². The third kappa shape index (κ3) is 6.76. The van der Waals surface area contributed by atoms with Crippen LogP contribution in [0.3, 0.4) is 0 Å². The van der Waals surface area contributed by atoms with E-state index in [9.17, 15) is 18.5 Å². The summed E-state index contributed by atoms with van der Waals surface area (Å²) in [4.78, 5) is 12.1. The van der Waals surface area contributed by atoms with E-state index in [-0.39, 0.29) is 12.3 Å². The Morgan fingerprint density at radius 3 is 2.00 bits per heavy atom. The van der Waals surface area contributed by atoms with Crippen LogP contribution in [0.1, 0.15) is 6.92 Å². The molecule has 0 amide bonds. The van der Waals surface area contributed by atoms with Gasteiger partial charge in [0.25, 0.3) is 15.8 Å². The van der Waals surface area contributed by atoms with E-state index >= 15 is 0 Å². The van der Waals surface area contributed by atoms with Gasteiger partial charge in [0.15, 0.2) is 0 Å². The number of nitrogens with zero attached hydrogens (tertiary/aromatic N) is 4. The first-order chi connectivity index (χ1) is 12.8. The smallest absolute Gasteiger partial charge is 0.269 e. The molecule has 2 aromatic carbocycles. The van der Waals surface area contributed by atoms with Crippen molar-refractivity contribution in [3.63, 3.8) is 0 Å². The van der Waals surface area contributed by atoms with Gasteiger partial charge in [0.05, 0.1) is 29.2 Å². The molecule has 0 heterocycles. The van der Waals surface area contributed by atoms with Gasteiger partial charge in [-0.25, -0.2) is 0 Å². The Morgan fingerprint density at radius 2 is 1.56 bits per heavy atom. The van der Waals surface area contributed by atoms with Crippen molar-refractivity contribution in [3.05, 3.63) is 58.6 Å². The summed E-state index contributed by atoms with van der Waals surface area (Å²) in [5.41, 5.74) is 2.04. The molecule has 10 heteroatoms. The predicted octanol–water partition coefficient (Wildman–Crippen LogP) is 3.81. The molecule has 0 bridgehead atoms. The minimum atomic E-state index is -3.45. The lowest BCUT2D eigenvalue weighted by molar-refractivity contribution is -0.384. The summed E-state index contributed by atoms with van der Waals surface area (Å²) < 4.78 is 26.8. The molecule has 0 unspecified atom stereocenters. The van der Waals surface area contributed by atoms with Crippen LogP contribution in [0.15, 0.2) is 58.8 Å². The lowest BCUT2D eigenvalue weighted by Gasteiger charge is -2.22. The average Bonchev–Trinajstić information content (AvgIpc) is 2.63. The SMILES string of the molecule is CCN(CCOS(C)(=O)=O)c1ccc(N=Nc2ccc([N+](=O)[O-])cc2)cc1. The zero-order valence-corrected chi connectivity index (χ0v) is 15.8. The van der Waals surface area contributed by atoms with Crippen molar-refractivity contribution in [2.45, 2.75) is 6.92 Å². The molecule has 0 saturated heterocycles. The second kappa shape index (κ2) is 9.19. The van der Waals surface area contributed by atoms with E-state index in [2.05, 4.69) is 10.2 Å². The monoisotopic (exact) mass is 392 g/mol. The van der Waals surface area contributed by atoms with Crippen LogP contribution in [0.4, 0.5) is 22.7 Å². The molecule has 144 valence electrons. The highest BCUT2D eigenvalue weighted by atomic mass is 32.2. The van der Waals surface area contributed by atoms with Crippen LogP contribution >= 0.6 is 0 Å². The first-order valence-corrected chi connectivity index (χ1v) is 9.96. The van der Waals surface area contributed by atoms with Gasteiger partial charge in [0.1, 0.15) is 0 Å². The zero-order valence-electron chi connectivity index (χ0n) is 15.0. The summed E-state index contributed by atoms with van der Waals surface area (Å²) in [5, 5.41) is 18.8. The lowest BCUT2D eigenvalue weighted by atomic mass is 10.2. The van der Waals surface area contributed by atoms with Gasteiger partial charge in [-0.05, 0) is 43.3 Å². The molecule has 0 fully saturated rings. The number of hydrogen-bond donors (Lipinski definition) is 0. The predicted molar refractivity (Wildman–Crippen MR) is 102 cm³/mol. The Bertz CT molecular complexity index is 896. The van der Waals surface area contributed by atoms with Crippen molar-refractivity contribution in [2.75, 3.05) is 30.9 Å². The maximum absolute atomic E-state index is 11.0. The molecule has 0 aliphatic rings. The Balaban J connectivity index is 1.99. The number of nitro benzene ring substituents is 1. The van der Waals surface area contributed by atoms with Crippen LogP contribution in [0.5, 0.6) is 0 Å². The molecule has 0 N–H and O–H groups in total. The van der Waals surface area contributed by atoms with Crippen LogP contribution < -0.4 is 4.90 Å². The fourth-order valence-corrected chi connectivity index (χ4v) is 2.63. The van der Waals surface area contributed by atoms with Gasteiger partial charge in [-0.15, -0.1) is 0 Å². The second-order valence-corrected chi connectivity index (χ2v) is 7.24. The van der Waals surface area contributed by atoms with Crippen molar-refractivity contribution in [1.82, 2.24) is 0 Å². The number of anilines is 1. The van der Waals surface area contributed by atoms with Crippen LogP contribution in [0.25, 0.3) is 0 Å². The fraction of sp³-hybridized carbons (Fsp3) is 0.294. The molecule has 0 aliphatic carbocycles. The van der Waals surface area contributed by atoms with Crippen LogP contribution in [0.2, 0.25) is 0 Å². The van der Waals surface area contributed by atoms with Gasteiger partial charge >= 0.3 is 0 Å². The van der Waals surface area contributed by atoms with Crippen molar-refractivity contribution < 1.29 is 17.5 Å². The maximum Gasteiger partial charge on any atom is 0.269 e. The van der Waals surface area contributed by atoms with E-state index in [0.29, 0.717) is 24.5 Å². The summed E-state index contributed by atoms with van der Waals surface area (Å²) in [6.07, 6.45) is 1.02. The van der Waals surface area contributed by atoms with Gasteiger partial charge in [0.2, 0.25) is 0 Å². The second-order valence-electron chi connectivity index (χ2n) is 5.60. The maximum atomic E-state index is 11.0. The molecule has 2 rings (SSSR count). The fourth-order valence-electron chi connectivity index (χ4n) is 2.26. The summed E-state index contributed by atoms with van der Waals surface area (Å²) >= 11 is 0. The number of azo groups is 1. The molecule has 9 nitrogen and oxygen atoms in total. The van der Waals surface area contributed by atoms with E-state index in [0.717, 1.165) is 11.9 Å². The van der Waals surface area contributed by atoms with E-state index in [1.165, 1.54) is 24.3 Å². The first-order valence-electron chi connectivity index (χ1n) is 8.14. The van der Waals surface area contributed by atoms with Crippen molar-refractivity contribution >= 4 is 32.9 Å². The van der Waals surface area contributed by atoms with Gasteiger partial charge in [-0.3, -0.25) is 14.3 Å². The number of hydrogen-bond acceptors (Lipinski definition) is 8. The lowest BCUT2D eigenvalue weighted by Crippen LogP contribution is -2.27. The Kier molecular flexibility index (Phi) is 6.97. The van der Waals surface area contributed by atoms with Crippen LogP contribution in [0, 0.1) is 10.1 Å². The third-order valence-corrected chi connectivity index (χ3v) is 4.19. The van der Waals surface area contributed by atoms with E-state index in [1.54, 1.807) is 12.1 Å². The topological polar surface area (TPSA) is 114 Å². The van der Waals surface area contributed by atoms with Gasteiger partial charge in [-0.2, -0.15) is 18.6 Å². The third-order valence-electron chi connectivity index (χ3n) is 3.60. The summed E-state index contributed by atoms with van der Waals surface area (Å²) in [7, 11) is -3.45. The molecule has 27 heavy (non-hydrogen) atoms. The van der Waals surface area contributed by atoms with E-state index < -0.39 is 15.0 Å². The molecule has 0 aliphatic heterocycles. The van der Waals surface area contributed by atoms with Crippen molar-refractivity contribution in [2.24, 2.45) is 10.2 Å². The number of nitro groups is 1. The Morgan fingerprint density at radius 1 is 1.04 bits per heavy atom. The number of benzene rings is 2. The quantitative estimate of drug-likeness (QED) is 0.277. The minimum absolute atomic E-state index is 0.00203. The Hall–Kier alpha value is -2.85. The largest absolute Gasteiger partial charge is 0.369 e. The minimum Gasteiger partial charge on any atom is -0.369 e. The average molecular weight is 392 g/mol. The molecule has 2 aromatic rings. The number of rotatable bonds is 9. The summed E-state index contributed by atoms with van der Waals surface area (Å²) in [6.45, 7) is 3.17.